The van der Waals surface area contributed by atoms with Crippen molar-refractivity contribution in [3.63, 3.8) is 0 Å². The van der Waals surface area contributed by atoms with Gasteiger partial charge in [-0.15, -0.1) is 0 Å². The summed E-state index contributed by atoms with van der Waals surface area (Å²) < 4.78 is 36.5. The molecule has 0 saturated heterocycles. The van der Waals surface area contributed by atoms with Crippen LogP contribution in [0.25, 0.3) is 0 Å². The van der Waals surface area contributed by atoms with Gasteiger partial charge in [0.05, 0.1) is 6.42 Å². The summed E-state index contributed by atoms with van der Waals surface area (Å²) in [5, 5.41) is 3.18. The predicted octanol–water partition coefficient (Wildman–Crippen LogP) is 3.74. The van der Waals surface area contributed by atoms with Crippen LogP contribution in [0.5, 0.6) is 0 Å². The molecule has 0 aromatic rings. The summed E-state index contributed by atoms with van der Waals surface area (Å²) in [7, 11) is 0. The molecule has 2 bridgehead atoms. The third-order valence-electron chi connectivity index (χ3n) is 5.03. The standard InChI is InChI=1S/C13H22F3N/c1-11(2)9-4-5-12(3,8-9)10(11)17-7-6-13(14,15)16/h9-10,17H,4-8H2,1-3H3. The molecule has 0 heterocycles. The van der Waals surface area contributed by atoms with Gasteiger partial charge in [-0.3, -0.25) is 0 Å². The molecule has 2 rings (SSSR count). The molecule has 0 aromatic carbocycles. The van der Waals surface area contributed by atoms with E-state index in [0.29, 0.717) is 5.92 Å². The molecule has 2 aliphatic carbocycles. The second kappa shape index (κ2) is 3.87. The Labute approximate surface area is 101 Å². The van der Waals surface area contributed by atoms with Crippen LogP contribution in [0.4, 0.5) is 13.2 Å². The van der Waals surface area contributed by atoms with Crippen molar-refractivity contribution in [2.75, 3.05) is 6.54 Å². The van der Waals surface area contributed by atoms with Crippen LogP contribution in [0, 0.1) is 16.7 Å². The van der Waals surface area contributed by atoms with Gasteiger partial charge in [0.2, 0.25) is 0 Å². The molecule has 0 spiro atoms. The van der Waals surface area contributed by atoms with Gasteiger partial charge in [-0.05, 0) is 36.0 Å². The SMILES string of the molecule is CC12CCC(C1)C(C)(C)C2NCCC(F)(F)F. The van der Waals surface area contributed by atoms with E-state index < -0.39 is 12.6 Å². The van der Waals surface area contributed by atoms with Crippen LogP contribution < -0.4 is 5.32 Å². The molecule has 2 aliphatic rings. The molecule has 2 saturated carbocycles. The second-order valence-electron chi connectivity index (χ2n) is 6.67. The van der Waals surface area contributed by atoms with Crippen molar-refractivity contribution in [1.82, 2.24) is 5.32 Å². The van der Waals surface area contributed by atoms with E-state index in [1.165, 1.54) is 12.8 Å². The molecule has 17 heavy (non-hydrogen) atoms. The number of hydrogen-bond acceptors (Lipinski definition) is 1. The zero-order valence-electron chi connectivity index (χ0n) is 10.8. The lowest BCUT2D eigenvalue weighted by Gasteiger charge is -2.43. The van der Waals surface area contributed by atoms with E-state index in [1.807, 2.05) is 0 Å². The number of hydrogen-bond donors (Lipinski definition) is 1. The van der Waals surface area contributed by atoms with E-state index in [4.69, 9.17) is 0 Å². The summed E-state index contributed by atoms with van der Waals surface area (Å²) in [4.78, 5) is 0. The Bertz CT molecular complexity index is 293. The van der Waals surface area contributed by atoms with Gasteiger partial charge < -0.3 is 5.32 Å². The van der Waals surface area contributed by atoms with E-state index >= 15 is 0 Å². The fourth-order valence-electron chi connectivity index (χ4n) is 4.17. The highest BCUT2D eigenvalue weighted by atomic mass is 19.4. The first-order valence-corrected chi connectivity index (χ1v) is 6.45. The monoisotopic (exact) mass is 249 g/mol. The zero-order chi connectivity index (χ0) is 12.9. The van der Waals surface area contributed by atoms with Gasteiger partial charge in [0.1, 0.15) is 0 Å². The van der Waals surface area contributed by atoms with Crippen molar-refractivity contribution in [3.8, 4) is 0 Å². The van der Waals surface area contributed by atoms with Gasteiger partial charge in [0, 0.05) is 12.6 Å². The van der Waals surface area contributed by atoms with E-state index in [9.17, 15) is 13.2 Å². The Morgan fingerprint density at radius 1 is 1.24 bits per heavy atom. The van der Waals surface area contributed by atoms with Crippen molar-refractivity contribution >= 4 is 0 Å². The van der Waals surface area contributed by atoms with Gasteiger partial charge >= 0.3 is 6.18 Å². The Balaban J connectivity index is 1.96. The van der Waals surface area contributed by atoms with Gasteiger partial charge in [0.25, 0.3) is 0 Å². The normalized spacial score (nSPS) is 39.9. The first kappa shape index (κ1) is 13.2. The van der Waals surface area contributed by atoms with E-state index in [2.05, 4.69) is 26.1 Å². The predicted molar refractivity (Wildman–Crippen MR) is 61.7 cm³/mol. The van der Waals surface area contributed by atoms with Crippen molar-refractivity contribution in [2.45, 2.75) is 58.7 Å². The molecule has 0 aliphatic heterocycles. The molecular formula is C13H22F3N. The minimum absolute atomic E-state index is 0.0555. The Morgan fingerprint density at radius 2 is 1.88 bits per heavy atom. The largest absolute Gasteiger partial charge is 0.390 e. The topological polar surface area (TPSA) is 12.0 Å². The lowest BCUT2D eigenvalue weighted by molar-refractivity contribution is -0.134. The van der Waals surface area contributed by atoms with Crippen molar-refractivity contribution in [2.24, 2.45) is 16.7 Å². The van der Waals surface area contributed by atoms with Crippen molar-refractivity contribution in [1.29, 1.82) is 0 Å². The summed E-state index contributed by atoms with van der Waals surface area (Å²) in [6.07, 6.45) is -1.20. The first-order valence-electron chi connectivity index (χ1n) is 6.45. The molecular weight excluding hydrogens is 227 g/mol. The highest BCUT2D eigenvalue weighted by Crippen LogP contribution is 2.62. The summed E-state index contributed by atoms with van der Waals surface area (Å²) in [5.41, 5.74) is 0.346. The molecule has 4 heteroatoms. The number of alkyl halides is 3. The van der Waals surface area contributed by atoms with Gasteiger partial charge in [-0.2, -0.15) is 13.2 Å². The molecule has 0 radical (unpaired) electrons. The molecule has 100 valence electrons. The Morgan fingerprint density at radius 3 is 2.35 bits per heavy atom. The molecule has 1 nitrogen and oxygen atoms in total. The quantitative estimate of drug-likeness (QED) is 0.803. The lowest BCUT2D eigenvalue weighted by Crippen LogP contribution is -2.50. The maximum atomic E-state index is 12.2. The maximum absolute atomic E-state index is 12.2. The molecule has 0 amide bonds. The van der Waals surface area contributed by atoms with Crippen LogP contribution in [-0.4, -0.2) is 18.8 Å². The van der Waals surface area contributed by atoms with Gasteiger partial charge in [-0.1, -0.05) is 20.8 Å². The minimum Gasteiger partial charge on any atom is -0.313 e. The van der Waals surface area contributed by atoms with E-state index in [-0.39, 0.29) is 23.4 Å². The summed E-state index contributed by atoms with van der Waals surface area (Å²) >= 11 is 0. The zero-order valence-corrected chi connectivity index (χ0v) is 10.8. The van der Waals surface area contributed by atoms with E-state index in [1.54, 1.807) is 0 Å². The van der Waals surface area contributed by atoms with Crippen LogP contribution >= 0.6 is 0 Å². The fourth-order valence-corrected chi connectivity index (χ4v) is 4.17. The fraction of sp³-hybridized carbons (Fsp3) is 1.00. The summed E-state index contributed by atoms with van der Waals surface area (Å²) in [6, 6.07) is 0.232. The molecule has 3 atom stereocenters. The summed E-state index contributed by atoms with van der Waals surface area (Å²) in [6.45, 7) is 6.69. The lowest BCUT2D eigenvalue weighted by atomic mass is 9.68. The van der Waals surface area contributed by atoms with Crippen LogP contribution in [0.2, 0.25) is 0 Å². The second-order valence-corrected chi connectivity index (χ2v) is 6.67. The Hall–Kier alpha value is -0.250. The molecule has 1 N–H and O–H groups in total. The highest BCUT2D eigenvalue weighted by Gasteiger charge is 2.58. The van der Waals surface area contributed by atoms with E-state index in [0.717, 1.165) is 6.42 Å². The smallest absolute Gasteiger partial charge is 0.313 e. The van der Waals surface area contributed by atoms with Crippen LogP contribution in [0.3, 0.4) is 0 Å². The maximum Gasteiger partial charge on any atom is 0.390 e. The van der Waals surface area contributed by atoms with Gasteiger partial charge in [0.15, 0.2) is 0 Å². The number of halogens is 3. The third-order valence-corrected chi connectivity index (χ3v) is 5.03. The molecule has 2 fully saturated rings. The number of rotatable bonds is 3. The molecule has 0 aromatic heterocycles. The average Bonchev–Trinajstić information content (AvgIpc) is 2.60. The third kappa shape index (κ3) is 2.33. The highest BCUT2D eigenvalue weighted by molar-refractivity contribution is 5.11. The Kier molecular flexibility index (Phi) is 3.00. The average molecular weight is 249 g/mol. The molecule has 3 unspecified atom stereocenters. The van der Waals surface area contributed by atoms with Gasteiger partial charge in [-0.25, -0.2) is 0 Å². The van der Waals surface area contributed by atoms with Crippen molar-refractivity contribution < 1.29 is 13.2 Å². The van der Waals surface area contributed by atoms with Crippen LogP contribution in [-0.2, 0) is 0 Å². The minimum atomic E-state index is -4.05. The number of fused-ring (bicyclic) bond motifs is 2. The van der Waals surface area contributed by atoms with Crippen LogP contribution in [0.1, 0.15) is 46.5 Å². The first-order chi connectivity index (χ1) is 7.65. The number of nitrogens with one attached hydrogen (secondary N) is 1. The van der Waals surface area contributed by atoms with Crippen LogP contribution in [0.15, 0.2) is 0 Å². The summed E-state index contributed by atoms with van der Waals surface area (Å²) in [5.74, 6) is 0.677. The van der Waals surface area contributed by atoms with Crippen molar-refractivity contribution in [3.05, 3.63) is 0 Å².